The van der Waals surface area contributed by atoms with E-state index in [0.717, 1.165) is 32.5 Å². The highest BCUT2D eigenvalue weighted by molar-refractivity contribution is 7.17. The van der Waals surface area contributed by atoms with Crippen molar-refractivity contribution < 1.29 is 14.3 Å². The Morgan fingerprint density at radius 2 is 1.69 bits per heavy atom. The monoisotopic (exact) mass is 446 g/mol. The number of para-hydroxylation sites is 1. The van der Waals surface area contributed by atoms with Gasteiger partial charge < -0.3 is 14.6 Å². The van der Waals surface area contributed by atoms with Crippen molar-refractivity contribution in [3.8, 4) is 11.1 Å². The van der Waals surface area contributed by atoms with Crippen molar-refractivity contribution >= 4 is 39.1 Å². The van der Waals surface area contributed by atoms with E-state index in [1.807, 2.05) is 79.9 Å². The summed E-state index contributed by atoms with van der Waals surface area (Å²) in [6, 6.07) is 17.7. The van der Waals surface area contributed by atoms with Gasteiger partial charge in [-0.1, -0.05) is 48.5 Å². The Kier molecular flexibility index (Phi) is 6.15. The van der Waals surface area contributed by atoms with E-state index >= 15 is 0 Å². The number of anilines is 1. The van der Waals surface area contributed by atoms with E-state index < -0.39 is 5.97 Å². The minimum Gasteiger partial charge on any atom is -0.462 e. The number of aromatic nitrogens is 1. The molecule has 32 heavy (non-hydrogen) atoms. The highest BCUT2D eigenvalue weighted by atomic mass is 32.1. The van der Waals surface area contributed by atoms with E-state index in [1.165, 1.54) is 11.3 Å². The molecule has 164 valence electrons. The van der Waals surface area contributed by atoms with Crippen molar-refractivity contribution in [2.24, 2.45) is 0 Å². The Balaban J connectivity index is 1.82. The summed E-state index contributed by atoms with van der Waals surface area (Å²) in [5.41, 5.74) is 4.69. The summed E-state index contributed by atoms with van der Waals surface area (Å²) < 4.78 is 7.38. The van der Waals surface area contributed by atoms with E-state index in [9.17, 15) is 9.59 Å². The molecule has 0 aliphatic carbocycles. The number of hydrogen-bond acceptors (Lipinski definition) is 4. The van der Waals surface area contributed by atoms with Gasteiger partial charge in [0.15, 0.2) is 0 Å². The van der Waals surface area contributed by atoms with E-state index in [2.05, 4.69) is 5.32 Å². The van der Waals surface area contributed by atoms with Gasteiger partial charge in [-0.05, 0) is 44.9 Å². The lowest BCUT2D eigenvalue weighted by molar-refractivity contribution is 0.0529. The second kappa shape index (κ2) is 9.01. The smallest absolute Gasteiger partial charge is 0.341 e. The van der Waals surface area contributed by atoms with Gasteiger partial charge in [-0.15, -0.1) is 11.3 Å². The van der Waals surface area contributed by atoms with Gasteiger partial charge in [-0.3, -0.25) is 4.79 Å². The van der Waals surface area contributed by atoms with Crippen LogP contribution in [-0.4, -0.2) is 23.1 Å². The number of carbonyl (C=O) groups is 2. The summed E-state index contributed by atoms with van der Waals surface area (Å²) in [4.78, 5) is 27.4. The first kappa shape index (κ1) is 21.8. The van der Waals surface area contributed by atoms with Gasteiger partial charge in [-0.2, -0.15) is 0 Å². The molecule has 2 aromatic heterocycles. The predicted octanol–water partition coefficient (Wildman–Crippen LogP) is 6.44. The fourth-order valence-corrected chi connectivity index (χ4v) is 5.30. The van der Waals surface area contributed by atoms with Crippen LogP contribution in [0.15, 0.2) is 54.6 Å². The number of fused-ring (bicyclic) bond motifs is 1. The van der Waals surface area contributed by atoms with Gasteiger partial charge >= 0.3 is 5.97 Å². The van der Waals surface area contributed by atoms with Crippen LogP contribution in [0.4, 0.5) is 5.00 Å². The van der Waals surface area contributed by atoms with Gasteiger partial charge in [-0.25, -0.2) is 4.79 Å². The van der Waals surface area contributed by atoms with Crippen LogP contribution < -0.4 is 5.32 Å². The van der Waals surface area contributed by atoms with Gasteiger partial charge in [0.1, 0.15) is 16.3 Å². The van der Waals surface area contributed by atoms with Gasteiger partial charge in [0.2, 0.25) is 0 Å². The number of ether oxygens (including phenoxy) is 1. The average molecular weight is 447 g/mol. The summed E-state index contributed by atoms with van der Waals surface area (Å²) in [5, 5.41) is 4.60. The molecule has 0 radical (unpaired) electrons. The molecular formula is C26H26N2O3S. The standard InChI is InChI=1S/C26H26N2O3S/c1-5-28-20-15-11-10-14-19(20)16(3)23(28)24(29)27-25-22(26(30)31-6-2)21(17(4)32-25)18-12-8-7-9-13-18/h7-15H,5-6H2,1-4H3,(H,27,29). The summed E-state index contributed by atoms with van der Waals surface area (Å²) in [6.07, 6.45) is 0. The highest BCUT2D eigenvalue weighted by Crippen LogP contribution is 2.41. The summed E-state index contributed by atoms with van der Waals surface area (Å²) in [6.45, 7) is 8.65. The van der Waals surface area contributed by atoms with Crippen LogP contribution in [0.5, 0.6) is 0 Å². The first-order valence-corrected chi connectivity index (χ1v) is 11.5. The number of nitrogens with zero attached hydrogens (tertiary/aromatic N) is 1. The maximum absolute atomic E-state index is 13.5. The Bertz CT molecular complexity index is 1300. The number of amides is 1. The van der Waals surface area contributed by atoms with Crippen LogP contribution in [0, 0.1) is 13.8 Å². The average Bonchev–Trinajstić information content (AvgIpc) is 3.28. The maximum Gasteiger partial charge on any atom is 0.341 e. The van der Waals surface area contributed by atoms with Crippen LogP contribution in [0.2, 0.25) is 0 Å². The Morgan fingerprint density at radius 3 is 2.38 bits per heavy atom. The fourth-order valence-electron chi connectivity index (χ4n) is 4.24. The summed E-state index contributed by atoms with van der Waals surface area (Å²) >= 11 is 1.40. The second-order valence-corrected chi connectivity index (χ2v) is 8.74. The Hall–Kier alpha value is -3.38. The molecule has 6 heteroatoms. The normalized spacial score (nSPS) is 11.0. The lowest BCUT2D eigenvalue weighted by atomic mass is 10.0. The topological polar surface area (TPSA) is 60.3 Å². The quantitative estimate of drug-likeness (QED) is 0.347. The highest BCUT2D eigenvalue weighted by Gasteiger charge is 2.27. The molecule has 4 aromatic rings. The fraction of sp³-hybridized carbons (Fsp3) is 0.231. The Morgan fingerprint density at radius 1 is 1.00 bits per heavy atom. The van der Waals surface area contributed by atoms with Crippen LogP contribution in [-0.2, 0) is 11.3 Å². The van der Waals surface area contributed by atoms with Gasteiger partial charge in [0, 0.05) is 27.9 Å². The minimum absolute atomic E-state index is 0.230. The zero-order valence-electron chi connectivity index (χ0n) is 18.7. The number of rotatable bonds is 6. The number of benzene rings is 2. The van der Waals surface area contributed by atoms with Crippen molar-refractivity contribution in [1.82, 2.24) is 4.57 Å². The predicted molar refractivity (Wildman–Crippen MR) is 131 cm³/mol. The van der Waals surface area contributed by atoms with Crippen LogP contribution in [0.25, 0.3) is 22.0 Å². The third-order valence-electron chi connectivity index (χ3n) is 5.61. The first-order valence-electron chi connectivity index (χ1n) is 10.7. The van der Waals surface area contributed by atoms with Crippen LogP contribution >= 0.6 is 11.3 Å². The molecule has 0 saturated carbocycles. The third kappa shape index (κ3) is 3.71. The third-order valence-corrected chi connectivity index (χ3v) is 6.63. The van der Waals surface area contributed by atoms with Gasteiger partial charge in [0.25, 0.3) is 5.91 Å². The Labute approximate surface area is 191 Å². The van der Waals surface area contributed by atoms with Crippen molar-refractivity contribution in [3.05, 3.63) is 76.3 Å². The molecule has 0 aliphatic rings. The molecule has 0 unspecified atom stereocenters. The van der Waals surface area contributed by atoms with Gasteiger partial charge in [0.05, 0.1) is 6.61 Å². The first-order chi connectivity index (χ1) is 15.5. The van der Waals surface area contributed by atoms with Crippen molar-refractivity contribution in [2.45, 2.75) is 34.2 Å². The molecule has 4 rings (SSSR count). The number of esters is 1. The van der Waals surface area contributed by atoms with Crippen LogP contribution in [0.3, 0.4) is 0 Å². The zero-order valence-corrected chi connectivity index (χ0v) is 19.5. The molecule has 0 atom stereocenters. The summed E-state index contributed by atoms with van der Waals surface area (Å²) in [7, 11) is 0. The lowest BCUT2D eigenvalue weighted by Crippen LogP contribution is -2.19. The molecule has 0 fully saturated rings. The minimum atomic E-state index is -0.432. The molecule has 1 N–H and O–H groups in total. The van der Waals surface area contributed by atoms with E-state index in [0.29, 0.717) is 22.8 Å². The van der Waals surface area contributed by atoms with Crippen molar-refractivity contribution in [3.63, 3.8) is 0 Å². The summed E-state index contributed by atoms with van der Waals surface area (Å²) in [5.74, 6) is -0.661. The number of aryl methyl sites for hydroxylation is 3. The molecule has 5 nitrogen and oxygen atoms in total. The molecule has 2 heterocycles. The SMILES string of the molecule is CCOC(=O)c1c(NC(=O)c2c(C)c3ccccc3n2CC)sc(C)c1-c1ccccc1. The van der Waals surface area contributed by atoms with Crippen molar-refractivity contribution in [1.29, 1.82) is 0 Å². The molecule has 0 saturated heterocycles. The number of carbonyl (C=O) groups excluding carboxylic acids is 2. The number of hydrogen-bond donors (Lipinski definition) is 1. The number of thiophene rings is 1. The molecule has 2 aromatic carbocycles. The van der Waals surface area contributed by atoms with Crippen LogP contribution in [0.1, 0.15) is 45.1 Å². The van der Waals surface area contributed by atoms with E-state index in [-0.39, 0.29) is 12.5 Å². The molecular weight excluding hydrogens is 420 g/mol. The zero-order chi connectivity index (χ0) is 22.8. The van der Waals surface area contributed by atoms with Crippen molar-refractivity contribution in [2.75, 3.05) is 11.9 Å². The lowest BCUT2D eigenvalue weighted by Gasteiger charge is -2.11. The molecule has 1 amide bonds. The number of nitrogens with one attached hydrogen (secondary N) is 1. The van der Waals surface area contributed by atoms with E-state index in [4.69, 9.17) is 4.74 Å². The molecule has 0 bridgehead atoms. The maximum atomic E-state index is 13.5. The molecule has 0 spiro atoms. The molecule has 0 aliphatic heterocycles. The van der Waals surface area contributed by atoms with E-state index in [1.54, 1.807) is 6.92 Å². The second-order valence-electron chi connectivity index (χ2n) is 7.51. The largest absolute Gasteiger partial charge is 0.462 e.